The quantitative estimate of drug-likeness (QED) is 0.418. The van der Waals surface area contributed by atoms with Crippen molar-refractivity contribution in [3.63, 3.8) is 0 Å². The maximum Gasteiger partial charge on any atom is 0.338 e. The van der Waals surface area contributed by atoms with E-state index in [0.717, 1.165) is 23.4 Å². The zero-order valence-electron chi connectivity index (χ0n) is 19.2. The van der Waals surface area contributed by atoms with Crippen molar-refractivity contribution in [1.82, 2.24) is 4.90 Å². The van der Waals surface area contributed by atoms with Crippen molar-refractivity contribution in [3.05, 3.63) is 59.7 Å². The fourth-order valence-electron chi connectivity index (χ4n) is 2.84. The number of carbonyl (C=O) groups excluding carboxylic acids is 3. The van der Waals surface area contributed by atoms with Crippen molar-refractivity contribution in [2.24, 2.45) is 0 Å². The summed E-state index contributed by atoms with van der Waals surface area (Å²) in [7, 11) is -0.535. The molecule has 2 amide bonds. The van der Waals surface area contributed by atoms with Gasteiger partial charge < -0.3 is 15.0 Å². The molecular weight excluding hydrogens is 446 g/mol. The number of rotatable bonds is 10. The van der Waals surface area contributed by atoms with Gasteiger partial charge in [0, 0.05) is 25.3 Å². The molecule has 0 fully saturated rings. The van der Waals surface area contributed by atoms with Gasteiger partial charge in [-0.25, -0.2) is 13.2 Å². The SMILES string of the molecule is CCCCOC(=O)c1ccc(NC(=O)CN(c2ccc(C(=O)N(C)C)cc2)S(C)(=O)=O)cc1. The molecule has 10 heteroatoms. The van der Waals surface area contributed by atoms with Crippen LogP contribution in [0.15, 0.2) is 48.5 Å². The van der Waals surface area contributed by atoms with Crippen molar-refractivity contribution in [2.45, 2.75) is 19.8 Å². The van der Waals surface area contributed by atoms with Crippen LogP contribution in [-0.4, -0.2) is 64.6 Å². The molecule has 33 heavy (non-hydrogen) atoms. The van der Waals surface area contributed by atoms with Gasteiger partial charge in [-0.3, -0.25) is 13.9 Å². The van der Waals surface area contributed by atoms with Crippen LogP contribution >= 0.6 is 0 Å². The summed E-state index contributed by atoms with van der Waals surface area (Å²) in [6.07, 6.45) is 2.70. The third-order valence-electron chi connectivity index (χ3n) is 4.63. The summed E-state index contributed by atoms with van der Waals surface area (Å²) in [5, 5.41) is 2.62. The van der Waals surface area contributed by atoms with Gasteiger partial charge in [-0.1, -0.05) is 13.3 Å². The van der Waals surface area contributed by atoms with Crippen LogP contribution in [0.3, 0.4) is 0 Å². The normalized spacial score (nSPS) is 10.9. The summed E-state index contributed by atoms with van der Waals surface area (Å²) in [5.74, 6) is -1.23. The molecule has 0 unspecified atom stereocenters. The molecule has 0 aliphatic carbocycles. The number of esters is 1. The first kappa shape index (κ1) is 25.9. The highest BCUT2D eigenvalue weighted by Gasteiger charge is 2.21. The lowest BCUT2D eigenvalue weighted by Crippen LogP contribution is -2.37. The van der Waals surface area contributed by atoms with Crippen LogP contribution in [0.25, 0.3) is 0 Å². The molecule has 0 aliphatic rings. The molecule has 0 aromatic heterocycles. The van der Waals surface area contributed by atoms with E-state index in [1.807, 2.05) is 6.92 Å². The van der Waals surface area contributed by atoms with Crippen LogP contribution in [0.4, 0.5) is 11.4 Å². The second kappa shape index (κ2) is 11.5. The molecule has 1 N–H and O–H groups in total. The van der Waals surface area contributed by atoms with Crippen LogP contribution in [-0.2, 0) is 19.6 Å². The van der Waals surface area contributed by atoms with Gasteiger partial charge in [0.25, 0.3) is 5.91 Å². The summed E-state index contributed by atoms with van der Waals surface area (Å²) in [5.41, 5.74) is 1.42. The number of benzene rings is 2. The second-order valence-electron chi connectivity index (χ2n) is 7.63. The first-order valence-electron chi connectivity index (χ1n) is 10.4. The molecule has 0 atom stereocenters. The number of carbonyl (C=O) groups is 3. The lowest BCUT2D eigenvalue weighted by Gasteiger charge is -2.22. The van der Waals surface area contributed by atoms with Crippen molar-refractivity contribution < 1.29 is 27.5 Å². The number of unbranched alkanes of at least 4 members (excludes halogenated alkanes) is 1. The maximum absolute atomic E-state index is 12.5. The summed E-state index contributed by atoms with van der Waals surface area (Å²) >= 11 is 0. The third-order valence-corrected chi connectivity index (χ3v) is 5.77. The lowest BCUT2D eigenvalue weighted by atomic mass is 10.2. The van der Waals surface area contributed by atoms with E-state index < -0.39 is 28.4 Å². The van der Waals surface area contributed by atoms with E-state index in [1.54, 1.807) is 26.2 Å². The molecular formula is C23H29N3O6S. The van der Waals surface area contributed by atoms with Gasteiger partial charge in [0.05, 0.1) is 24.1 Å². The topological polar surface area (TPSA) is 113 Å². The number of nitrogens with one attached hydrogen (secondary N) is 1. The van der Waals surface area contributed by atoms with E-state index in [4.69, 9.17) is 4.74 Å². The van der Waals surface area contributed by atoms with Crippen molar-refractivity contribution in [1.29, 1.82) is 0 Å². The van der Waals surface area contributed by atoms with Gasteiger partial charge in [0.15, 0.2) is 0 Å². The zero-order chi connectivity index (χ0) is 24.6. The van der Waals surface area contributed by atoms with Gasteiger partial charge in [0.2, 0.25) is 15.9 Å². The highest BCUT2D eigenvalue weighted by molar-refractivity contribution is 7.92. The predicted molar refractivity (Wildman–Crippen MR) is 127 cm³/mol. The number of hydrogen-bond donors (Lipinski definition) is 1. The smallest absolute Gasteiger partial charge is 0.338 e. The average molecular weight is 476 g/mol. The molecule has 2 rings (SSSR count). The Kier molecular flexibility index (Phi) is 8.98. The number of amides is 2. The van der Waals surface area contributed by atoms with E-state index in [-0.39, 0.29) is 11.6 Å². The standard InChI is InChI=1S/C23H29N3O6S/c1-5-6-15-32-23(29)18-7-11-19(12-8-18)24-21(27)16-26(33(4,30)31)20-13-9-17(10-14-20)22(28)25(2)3/h7-14H,5-6,15-16H2,1-4H3,(H,24,27). The minimum Gasteiger partial charge on any atom is -0.462 e. The Balaban J connectivity index is 2.07. The Morgan fingerprint density at radius 1 is 0.939 bits per heavy atom. The minimum absolute atomic E-state index is 0.220. The largest absolute Gasteiger partial charge is 0.462 e. The molecule has 0 radical (unpaired) electrons. The molecule has 0 spiro atoms. The Labute approximate surface area is 194 Å². The van der Waals surface area contributed by atoms with Crippen LogP contribution < -0.4 is 9.62 Å². The van der Waals surface area contributed by atoms with Crippen LogP contribution in [0, 0.1) is 0 Å². The summed E-state index contributed by atoms with van der Waals surface area (Å²) in [6, 6.07) is 12.1. The summed E-state index contributed by atoms with van der Waals surface area (Å²) < 4.78 is 30.7. The first-order chi connectivity index (χ1) is 15.5. The molecule has 0 heterocycles. The Hall–Kier alpha value is -3.40. The van der Waals surface area contributed by atoms with Gasteiger partial charge >= 0.3 is 5.97 Å². The predicted octanol–water partition coefficient (Wildman–Crippen LogP) is 2.75. The maximum atomic E-state index is 12.5. The third kappa shape index (κ3) is 7.60. The molecule has 9 nitrogen and oxygen atoms in total. The highest BCUT2D eigenvalue weighted by atomic mass is 32.2. The van der Waals surface area contributed by atoms with E-state index in [0.29, 0.717) is 23.4 Å². The monoisotopic (exact) mass is 475 g/mol. The Morgan fingerprint density at radius 2 is 1.52 bits per heavy atom. The fraction of sp³-hybridized carbons (Fsp3) is 0.348. The van der Waals surface area contributed by atoms with E-state index >= 15 is 0 Å². The molecule has 2 aromatic rings. The molecule has 2 aromatic carbocycles. The summed E-state index contributed by atoms with van der Waals surface area (Å²) in [6.45, 7) is 1.89. The Morgan fingerprint density at radius 3 is 2.03 bits per heavy atom. The van der Waals surface area contributed by atoms with Gasteiger partial charge in [-0.05, 0) is 55.0 Å². The zero-order valence-corrected chi connectivity index (χ0v) is 20.0. The first-order valence-corrected chi connectivity index (χ1v) is 12.2. The van der Waals surface area contributed by atoms with E-state index in [2.05, 4.69) is 5.32 Å². The number of sulfonamides is 1. The van der Waals surface area contributed by atoms with Crippen molar-refractivity contribution in [3.8, 4) is 0 Å². The number of nitrogens with zero attached hydrogens (tertiary/aromatic N) is 2. The summed E-state index contributed by atoms with van der Waals surface area (Å²) in [4.78, 5) is 37.9. The fourth-order valence-corrected chi connectivity index (χ4v) is 3.70. The highest BCUT2D eigenvalue weighted by Crippen LogP contribution is 2.19. The molecule has 0 aliphatic heterocycles. The van der Waals surface area contributed by atoms with Crippen LogP contribution in [0.2, 0.25) is 0 Å². The Bertz CT molecular complexity index is 1080. The van der Waals surface area contributed by atoms with E-state index in [1.165, 1.54) is 41.3 Å². The minimum atomic E-state index is -3.77. The van der Waals surface area contributed by atoms with Crippen molar-refractivity contribution >= 4 is 39.2 Å². The van der Waals surface area contributed by atoms with Gasteiger partial charge in [0.1, 0.15) is 6.54 Å². The number of hydrogen-bond acceptors (Lipinski definition) is 6. The van der Waals surface area contributed by atoms with Crippen LogP contribution in [0.1, 0.15) is 40.5 Å². The molecule has 0 saturated carbocycles. The lowest BCUT2D eigenvalue weighted by molar-refractivity contribution is -0.114. The molecule has 0 bridgehead atoms. The van der Waals surface area contributed by atoms with Gasteiger partial charge in [-0.15, -0.1) is 0 Å². The number of ether oxygens (including phenoxy) is 1. The van der Waals surface area contributed by atoms with Gasteiger partial charge in [-0.2, -0.15) is 0 Å². The van der Waals surface area contributed by atoms with Crippen LogP contribution in [0.5, 0.6) is 0 Å². The average Bonchev–Trinajstić information content (AvgIpc) is 2.77. The molecule has 178 valence electrons. The van der Waals surface area contributed by atoms with Crippen molar-refractivity contribution in [2.75, 3.05) is 43.1 Å². The second-order valence-corrected chi connectivity index (χ2v) is 9.54. The number of anilines is 2. The van der Waals surface area contributed by atoms with E-state index in [9.17, 15) is 22.8 Å². The molecule has 0 saturated heterocycles.